The number of aryl methyl sites for hydroxylation is 1. The van der Waals surface area contributed by atoms with Crippen LogP contribution in [0.2, 0.25) is 0 Å². The molecule has 0 aliphatic carbocycles. The number of thiazole rings is 1. The van der Waals surface area contributed by atoms with Crippen molar-refractivity contribution in [2.24, 2.45) is 0 Å². The number of ketones is 1. The number of benzene rings is 1. The molecule has 0 unspecified atom stereocenters. The summed E-state index contributed by atoms with van der Waals surface area (Å²) in [6.07, 6.45) is 5.27. The second kappa shape index (κ2) is 6.14. The predicted molar refractivity (Wildman–Crippen MR) is 103 cm³/mol. The molecule has 6 nitrogen and oxygen atoms in total. The summed E-state index contributed by atoms with van der Waals surface area (Å²) < 4.78 is 7.06. The van der Waals surface area contributed by atoms with Crippen LogP contribution < -0.4 is 0 Å². The normalized spacial score (nSPS) is 11.4. The number of rotatable bonds is 4. The molecule has 5 aromatic rings. The summed E-state index contributed by atoms with van der Waals surface area (Å²) in [7, 11) is 0. The first kappa shape index (κ1) is 15.9. The predicted octanol–water partition coefficient (Wildman–Crippen LogP) is 4.33. The van der Waals surface area contributed by atoms with Crippen molar-refractivity contribution in [3.05, 3.63) is 70.8 Å². The highest BCUT2D eigenvalue weighted by atomic mass is 32.1. The molecule has 0 spiro atoms. The summed E-state index contributed by atoms with van der Waals surface area (Å²) in [6.45, 7) is 1.92. The van der Waals surface area contributed by atoms with Gasteiger partial charge in [0, 0.05) is 28.2 Å². The Labute approximate surface area is 158 Å². The zero-order chi connectivity index (χ0) is 18.4. The van der Waals surface area contributed by atoms with Gasteiger partial charge in [-0.3, -0.25) is 4.79 Å². The summed E-state index contributed by atoms with van der Waals surface area (Å²) in [5.74, 6) is -0.0198. The quantitative estimate of drug-likeness (QED) is 0.438. The van der Waals surface area contributed by atoms with Crippen molar-refractivity contribution in [2.75, 3.05) is 0 Å². The van der Waals surface area contributed by atoms with E-state index in [0.29, 0.717) is 11.2 Å². The molecular formula is C20H14N4O2S. The van der Waals surface area contributed by atoms with Gasteiger partial charge >= 0.3 is 0 Å². The Hall–Kier alpha value is -3.32. The van der Waals surface area contributed by atoms with E-state index < -0.39 is 0 Å². The average Bonchev–Trinajstić information content (AvgIpc) is 3.40. The molecule has 5 rings (SSSR count). The number of hydrogen-bond donors (Lipinski definition) is 0. The van der Waals surface area contributed by atoms with Gasteiger partial charge in [-0.15, -0.1) is 11.3 Å². The first-order valence-corrected chi connectivity index (χ1v) is 9.30. The third-order valence-corrected chi connectivity index (χ3v) is 5.41. The van der Waals surface area contributed by atoms with Gasteiger partial charge in [-0.05, 0) is 36.8 Å². The number of furan rings is 1. The molecule has 0 amide bonds. The van der Waals surface area contributed by atoms with E-state index >= 15 is 0 Å². The van der Waals surface area contributed by atoms with Gasteiger partial charge in [0.25, 0.3) is 0 Å². The van der Waals surface area contributed by atoms with Crippen LogP contribution in [0.25, 0.3) is 27.7 Å². The molecule has 0 saturated carbocycles. The van der Waals surface area contributed by atoms with Gasteiger partial charge in [-0.2, -0.15) is 5.10 Å². The smallest absolute Gasteiger partial charge is 0.173 e. The van der Waals surface area contributed by atoms with Crippen LogP contribution in [0.4, 0.5) is 0 Å². The molecule has 4 heterocycles. The SMILES string of the molecule is Cc1csc(CC(=O)c2cc(-c3ccc4occc4c3)cn3ncnc23)n1. The van der Waals surface area contributed by atoms with Crippen LogP contribution in [0.5, 0.6) is 0 Å². The van der Waals surface area contributed by atoms with Crippen molar-refractivity contribution in [2.45, 2.75) is 13.3 Å². The van der Waals surface area contributed by atoms with Crippen molar-refractivity contribution >= 4 is 33.7 Å². The minimum atomic E-state index is -0.0198. The van der Waals surface area contributed by atoms with E-state index in [9.17, 15) is 4.79 Å². The van der Waals surface area contributed by atoms with Gasteiger partial charge in [0.05, 0.1) is 18.2 Å². The van der Waals surface area contributed by atoms with Crippen LogP contribution in [0, 0.1) is 6.92 Å². The Bertz CT molecular complexity index is 1300. The monoisotopic (exact) mass is 374 g/mol. The molecule has 0 bridgehead atoms. The van der Waals surface area contributed by atoms with Gasteiger partial charge in [-0.1, -0.05) is 6.07 Å². The van der Waals surface area contributed by atoms with E-state index in [2.05, 4.69) is 15.1 Å². The highest BCUT2D eigenvalue weighted by Crippen LogP contribution is 2.27. The van der Waals surface area contributed by atoms with Crippen molar-refractivity contribution in [1.82, 2.24) is 19.6 Å². The standard InChI is InChI=1S/C20H14N4O2S/c1-12-10-27-19(23-12)8-17(25)16-7-15(9-24-20(16)21-11-22-24)13-2-3-18-14(6-13)4-5-26-18/h2-7,9-11H,8H2,1H3. The zero-order valence-corrected chi connectivity index (χ0v) is 15.2. The number of carbonyl (C=O) groups is 1. The van der Waals surface area contributed by atoms with Gasteiger partial charge in [0.2, 0.25) is 0 Å². The molecule has 0 N–H and O–H groups in total. The van der Waals surface area contributed by atoms with Crippen molar-refractivity contribution in [3.8, 4) is 11.1 Å². The number of carbonyl (C=O) groups excluding carboxylic acids is 1. The van der Waals surface area contributed by atoms with E-state index in [0.717, 1.165) is 32.8 Å². The lowest BCUT2D eigenvalue weighted by atomic mass is 10.0. The molecule has 4 aromatic heterocycles. The van der Waals surface area contributed by atoms with Gasteiger partial charge in [0.15, 0.2) is 11.4 Å². The highest BCUT2D eigenvalue weighted by Gasteiger charge is 2.17. The Kier molecular flexibility index (Phi) is 3.61. The molecule has 7 heteroatoms. The maximum atomic E-state index is 13.0. The van der Waals surface area contributed by atoms with Crippen molar-refractivity contribution in [3.63, 3.8) is 0 Å². The Morgan fingerprint density at radius 3 is 3.00 bits per heavy atom. The summed E-state index contributed by atoms with van der Waals surface area (Å²) in [5, 5.41) is 8.00. The second-order valence-corrected chi connectivity index (χ2v) is 7.27. The number of hydrogen-bond acceptors (Lipinski definition) is 6. The highest BCUT2D eigenvalue weighted by molar-refractivity contribution is 7.09. The summed E-state index contributed by atoms with van der Waals surface area (Å²) in [4.78, 5) is 21.6. The van der Waals surface area contributed by atoms with Crippen LogP contribution in [-0.4, -0.2) is 25.4 Å². The minimum absolute atomic E-state index is 0.0198. The van der Waals surface area contributed by atoms with Crippen LogP contribution in [0.3, 0.4) is 0 Å². The van der Waals surface area contributed by atoms with Crippen LogP contribution in [0.15, 0.2) is 58.9 Å². The molecule has 132 valence electrons. The maximum absolute atomic E-state index is 13.0. The minimum Gasteiger partial charge on any atom is -0.464 e. The van der Waals surface area contributed by atoms with Gasteiger partial charge in [-0.25, -0.2) is 14.5 Å². The maximum Gasteiger partial charge on any atom is 0.173 e. The number of aromatic nitrogens is 4. The summed E-state index contributed by atoms with van der Waals surface area (Å²) in [5.41, 5.74) is 4.75. The fraction of sp³-hybridized carbons (Fsp3) is 0.100. The Morgan fingerprint density at radius 2 is 2.15 bits per heavy atom. The lowest BCUT2D eigenvalue weighted by Crippen LogP contribution is -2.07. The molecule has 27 heavy (non-hydrogen) atoms. The zero-order valence-electron chi connectivity index (χ0n) is 14.4. The molecular weight excluding hydrogens is 360 g/mol. The summed E-state index contributed by atoms with van der Waals surface area (Å²) in [6, 6.07) is 9.74. The molecule has 0 aliphatic heterocycles. The third-order valence-electron chi connectivity index (χ3n) is 4.44. The second-order valence-electron chi connectivity index (χ2n) is 6.33. The number of Topliss-reactive ketones (excluding diaryl/α,β-unsaturated/α-hetero) is 1. The van der Waals surface area contributed by atoms with E-state index in [1.165, 1.54) is 17.7 Å². The molecule has 1 aromatic carbocycles. The van der Waals surface area contributed by atoms with Crippen molar-refractivity contribution < 1.29 is 9.21 Å². The number of fused-ring (bicyclic) bond motifs is 2. The molecule has 0 fully saturated rings. The topological polar surface area (TPSA) is 73.3 Å². The van der Waals surface area contributed by atoms with Gasteiger partial charge < -0.3 is 4.42 Å². The number of nitrogens with zero attached hydrogens (tertiary/aromatic N) is 4. The average molecular weight is 374 g/mol. The molecule has 0 atom stereocenters. The van der Waals surface area contributed by atoms with E-state index in [-0.39, 0.29) is 12.2 Å². The fourth-order valence-electron chi connectivity index (χ4n) is 3.15. The first-order valence-electron chi connectivity index (χ1n) is 8.42. The first-order chi connectivity index (χ1) is 13.2. The van der Waals surface area contributed by atoms with E-state index in [4.69, 9.17) is 4.42 Å². The lowest BCUT2D eigenvalue weighted by molar-refractivity contribution is 0.0994. The molecule has 0 radical (unpaired) electrons. The van der Waals surface area contributed by atoms with Crippen LogP contribution in [0.1, 0.15) is 21.1 Å². The molecule has 0 aliphatic rings. The van der Waals surface area contributed by atoms with E-state index in [1.54, 1.807) is 10.8 Å². The fourth-order valence-corrected chi connectivity index (χ4v) is 3.92. The van der Waals surface area contributed by atoms with E-state index in [1.807, 2.05) is 48.8 Å². The lowest BCUT2D eigenvalue weighted by Gasteiger charge is -2.07. The van der Waals surface area contributed by atoms with Crippen molar-refractivity contribution in [1.29, 1.82) is 0 Å². The summed E-state index contributed by atoms with van der Waals surface area (Å²) >= 11 is 1.50. The Morgan fingerprint density at radius 1 is 1.22 bits per heavy atom. The van der Waals surface area contributed by atoms with Crippen LogP contribution in [-0.2, 0) is 6.42 Å². The van der Waals surface area contributed by atoms with Gasteiger partial charge in [0.1, 0.15) is 16.9 Å². The van der Waals surface area contributed by atoms with Crippen LogP contribution >= 0.6 is 11.3 Å². The number of pyridine rings is 1. The largest absolute Gasteiger partial charge is 0.464 e. The molecule has 0 saturated heterocycles. The third kappa shape index (κ3) is 2.82. The Balaban J connectivity index is 1.61.